The molecule has 4 rings (SSSR count). The molecule has 1 saturated heterocycles. The van der Waals surface area contributed by atoms with Gasteiger partial charge in [-0.25, -0.2) is 0 Å². The van der Waals surface area contributed by atoms with Gasteiger partial charge in [-0.3, -0.25) is 4.90 Å². The van der Waals surface area contributed by atoms with E-state index in [1.807, 2.05) is 0 Å². The van der Waals surface area contributed by atoms with Gasteiger partial charge in [-0.1, -0.05) is 48.0 Å². The number of benzene rings is 2. The summed E-state index contributed by atoms with van der Waals surface area (Å²) in [6.45, 7) is 9.92. The predicted molar refractivity (Wildman–Crippen MR) is 111 cm³/mol. The Kier molecular flexibility index (Phi) is 5.87. The van der Waals surface area contributed by atoms with Crippen LogP contribution < -0.4 is 5.32 Å². The summed E-state index contributed by atoms with van der Waals surface area (Å²) < 4.78 is 7.80. The monoisotopic (exact) mass is 363 g/mol. The van der Waals surface area contributed by atoms with E-state index in [2.05, 4.69) is 76.4 Å². The Labute approximate surface area is 161 Å². The molecule has 0 amide bonds. The Morgan fingerprint density at radius 1 is 1.04 bits per heavy atom. The Morgan fingerprint density at radius 2 is 1.89 bits per heavy atom. The smallest absolute Gasteiger partial charge is 0.0594 e. The first-order chi connectivity index (χ1) is 13.3. The molecule has 1 fully saturated rings. The second-order valence-electron chi connectivity index (χ2n) is 7.42. The van der Waals surface area contributed by atoms with E-state index < -0.39 is 0 Å². The summed E-state index contributed by atoms with van der Waals surface area (Å²) in [5.41, 5.74) is 5.35. The van der Waals surface area contributed by atoms with E-state index in [-0.39, 0.29) is 0 Å². The zero-order valence-corrected chi connectivity index (χ0v) is 16.2. The van der Waals surface area contributed by atoms with E-state index in [4.69, 9.17) is 4.74 Å². The van der Waals surface area contributed by atoms with Crippen molar-refractivity contribution in [2.45, 2.75) is 20.0 Å². The molecule has 142 valence electrons. The number of nitrogens with one attached hydrogen (secondary N) is 1. The normalized spacial score (nSPS) is 15.4. The molecule has 2 heterocycles. The lowest BCUT2D eigenvalue weighted by molar-refractivity contribution is 0.0384. The Hall–Kier alpha value is -2.14. The van der Waals surface area contributed by atoms with Crippen molar-refractivity contribution in [3.63, 3.8) is 0 Å². The van der Waals surface area contributed by atoms with Gasteiger partial charge >= 0.3 is 0 Å². The lowest BCUT2D eigenvalue weighted by Gasteiger charge is -2.26. The zero-order valence-electron chi connectivity index (χ0n) is 16.2. The number of fused-ring (bicyclic) bond motifs is 1. The van der Waals surface area contributed by atoms with Crippen molar-refractivity contribution >= 4 is 10.9 Å². The first-order valence-corrected chi connectivity index (χ1v) is 9.93. The van der Waals surface area contributed by atoms with Crippen LogP contribution in [0.2, 0.25) is 0 Å². The third-order valence-electron chi connectivity index (χ3n) is 5.33. The van der Waals surface area contributed by atoms with Crippen LogP contribution >= 0.6 is 0 Å². The van der Waals surface area contributed by atoms with Crippen molar-refractivity contribution in [1.82, 2.24) is 14.8 Å². The second-order valence-corrected chi connectivity index (χ2v) is 7.42. The molecule has 0 bridgehead atoms. The number of hydrogen-bond acceptors (Lipinski definition) is 3. The maximum Gasteiger partial charge on any atom is 0.0594 e. The number of morpholine rings is 1. The third kappa shape index (κ3) is 4.59. The fourth-order valence-corrected chi connectivity index (χ4v) is 3.89. The fraction of sp³-hybridized carbons (Fsp3) is 0.391. The molecular weight excluding hydrogens is 334 g/mol. The number of rotatable bonds is 7. The van der Waals surface area contributed by atoms with Gasteiger partial charge in [-0.15, -0.1) is 0 Å². The minimum absolute atomic E-state index is 0.868. The van der Waals surface area contributed by atoms with Crippen LogP contribution in [0.3, 0.4) is 0 Å². The van der Waals surface area contributed by atoms with E-state index in [1.165, 1.54) is 27.6 Å². The lowest BCUT2D eigenvalue weighted by Crippen LogP contribution is -2.40. The van der Waals surface area contributed by atoms with Crippen molar-refractivity contribution < 1.29 is 4.74 Å². The van der Waals surface area contributed by atoms with E-state index in [1.54, 1.807) is 0 Å². The molecule has 0 radical (unpaired) electrons. The van der Waals surface area contributed by atoms with Crippen LogP contribution in [0.4, 0.5) is 0 Å². The molecule has 0 atom stereocenters. The summed E-state index contributed by atoms with van der Waals surface area (Å²) in [7, 11) is 0. The van der Waals surface area contributed by atoms with Gasteiger partial charge in [-0.05, 0) is 24.1 Å². The van der Waals surface area contributed by atoms with Gasteiger partial charge in [0.25, 0.3) is 0 Å². The topological polar surface area (TPSA) is 29.4 Å². The number of para-hydroxylation sites is 1. The molecule has 0 aliphatic carbocycles. The first kappa shape index (κ1) is 18.2. The Bertz CT molecular complexity index is 880. The number of nitrogens with zero attached hydrogens (tertiary/aromatic N) is 2. The number of aryl methyl sites for hydroxylation is 1. The van der Waals surface area contributed by atoms with Crippen LogP contribution in [0, 0.1) is 6.92 Å². The fourth-order valence-electron chi connectivity index (χ4n) is 3.89. The van der Waals surface area contributed by atoms with E-state index >= 15 is 0 Å². The number of hydrogen-bond donors (Lipinski definition) is 1. The Morgan fingerprint density at radius 3 is 2.74 bits per heavy atom. The first-order valence-electron chi connectivity index (χ1n) is 9.93. The van der Waals surface area contributed by atoms with Crippen molar-refractivity contribution in [3.05, 3.63) is 71.4 Å². The highest BCUT2D eigenvalue weighted by Crippen LogP contribution is 2.22. The number of ether oxygens (including phenoxy) is 1. The van der Waals surface area contributed by atoms with Crippen LogP contribution in [0.1, 0.15) is 16.7 Å². The average Bonchev–Trinajstić information content (AvgIpc) is 3.04. The van der Waals surface area contributed by atoms with Crippen molar-refractivity contribution in [3.8, 4) is 0 Å². The molecular formula is C23H29N3O. The SMILES string of the molecule is Cc1cccc(Cn2cc(CNCCN3CCOCC3)c3ccccc32)c1. The molecule has 2 aromatic carbocycles. The largest absolute Gasteiger partial charge is 0.379 e. The summed E-state index contributed by atoms with van der Waals surface area (Å²) in [6, 6.07) is 17.5. The number of aromatic nitrogens is 1. The van der Waals surface area contributed by atoms with Crippen LogP contribution in [0.25, 0.3) is 10.9 Å². The average molecular weight is 364 g/mol. The molecule has 0 saturated carbocycles. The quantitative estimate of drug-likeness (QED) is 0.652. The molecule has 4 heteroatoms. The summed E-state index contributed by atoms with van der Waals surface area (Å²) in [5, 5.41) is 4.98. The van der Waals surface area contributed by atoms with Crippen molar-refractivity contribution in [1.29, 1.82) is 0 Å². The molecule has 0 unspecified atom stereocenters. The third-order valence-corrected chi connectivity index (χ3v) is 5.33. The predicted octanol–water partition coefficient (Wildman–Crippen LogP) is 3.42. The van der Waals surface area contributed by atoms with Crippen molar-refractivity contribution in [2.24, 2.45) is 0 Å². The van der Waals surface area contributed by atoms with Gasteiger partial charge in [0.2, 0.25) is 0 Å². The molecule has 1 aromatic heterocycles. The summed E-state index contributed by atoms with van der Waals surface area (Å²) in [6.07, 6.45) is 2.31. The molecule has 1 N–H and O–H groups in total. The van der Waals surface area contributed by atoms with Crippen LogP contribution in [0.15, 0.2) is 54.7 Å². The highest BCUT2D eigenvalue weighted by atomic mass is 16.5. The Balaban J connectivity index is 1.43. The maximum atomic E-state index is 5.42. The van der Waals surface area contributed by atoms with E-state index in [9.17, 15) is 0 Å². The molecule has 1 aliphatic heterocycles. The molecule has 0 spiro atoms. The zero-order chi connectivity index (χ0) is 18.5. The van der Waals surface area contributed by atoms with Crippen LogP contribution in [-0.4, -0.2) is 48.9 Å². The van der Waals surface area contributed by atoms with Crippen LogP contribution in [0.5, 0.6) is 0 Å². The minimum atomic E-state index is 0.868. The lowest BCUT2D eigenvalue weighted by atomic mass is 10.1. The highest BCUT2D eigenvalue weighted by molar-refractivity contribution is 5.84. The molecule has 4 nitrogen and oxygen atoms in total. The molecule has 27 heavy (non-hydrogen) atoms. The molecule has 1 aliphatic rings. The summed E-state index contributed by atoms with van der Waals surface area (Å²) in [4.78, 5) is 2.47. The van der Waals surface area contributed by atoms with Crippen LogP contribution in [-0.2, 0) is 17.8 Å². The van der Waals surface area contributed by atoms with Gasteiger partial charge in [0.05, 0.1) is 13.2 Å². The van der Waals surface area contributed by atoms with E-state index in [0.717, 1.165) is 52.5 Å². The van der Waals surface area contributed by atoms with Gasteiger partial charge in [0, 0.05) is 56.4 Å². The minimum Gasteiger partial charge on any atom is -0.379 e. The maximum absolute atomic E-state index is 5.42. The van der Waals surface area contributed by atoms with E-state index in [0.29, 0.717) is 0 Å². The van der Waals surface area contributed by atoms with Gasteiger partial charge in [0.15, 0.2) is 0 Å². The van der Waals surface area contributed by atoms with Gasteiger partial charge < -0.3 is 14.6 Å². The second kappa shape index (κ2) is 8.70. The van der Waals surface area contributed by atoms with Gasteiger partial charge in [-0.2, -0.15) is 0 Å². The summed E-state index contributed by atoms with van der Waals surface area (Å²) in [5.74, 6) is 0. The summed E-state index contributed by atoms with van der Waals surface area (Å²) >= 11 is 0. The van der Waals surface area contributed by atoms with Crippen molar-refractivity contribution in [2.75, 3.05) is 39.4 Å². The highest BCUT2D eigenvalue weighted by Gasteiger charge is 2.11. The molecule has 3 aromatic rings. The van der Waals surface area contributed by atoms with Gasteiger partial charge in [0.1, 0.15) is 0 Å². The standard InChI is InChI=1S/C23H29N3O/c1-19-5-4-6-20(15-19)17-26-18-21(22-7-2-3-8-23(22)26)16-24-9-10-25-11-13-27-14-12-25/h2-8,15,18,24H,9-14,16-17H2,1H3.